The van der Waals surface area contributed by atoms with Gasteiger partial charge in [-0.25, -0.2) is 0 Å². The molecule has 0 saturated heterocycles. The summed E-state index contributed by atoms with van der Waals surface area (Å²) in [7, 11) is 0. The minimum absolute atomic E-state index is 0.0195. The topological polar surface area (TPSA) is 102 Å². The number of nitro benzene ring substituents is 1. The molecule has 0 unspecified atom stereocenters. The number of benzene rings is 1. The number of hydrogen-bond acceptors (Lipinski definition) is 4. The second kappa shape index (κ2) is 5.16. The van der Waals surface area contributed by atoms with Crippen LogP contribution in [0.2, 0.25) is 0 Å². The van der Waals surface area contributed by atoms with Gasteiger partial charge in [-0.05, 0) is 34.8 Å². The molecule has 102 valence electrons. The van der Waals surface area contributed by atoms with Crippen LogP contribution >= 0.6 is 15.9 Å². The Bertz CT molecular complexity index is 529. The third-order valence-electron chi connectivity index (χ3n) is 3.20. The van der Waals surface area contributed by atoms with E-state index in [2.05, 4.69) is 15.9 Å². The van der Waals surface area contributed by atoms with E-state index >= 15 is 0 Å². The maximum atomic E-state index is 10.8. The molecule has 0 aliphatic heterocycles. The van der Waals surface area contributed by atoms with E-state index in [1.165, 1.54) is 6.07 Å². The second-order valence-corrected chi connectivity index (χ2v) is 5.63. The second-order valence-electron chi connectivity index (χ2n) is 4.84. The third kappa shape index (κ3) is 3.23. The minimum Gasteiger partial charge on any atom is -0.492 e. The Morgan fingerprint density at radius 1 is 1.58 bits per heavy atom. The number of ether oxygens (including phenoxy) is 1. The quantitative estimate of drug-likeness (QED) is 0.363. The Hall–Kier alpha value is -1.63. The molecule has 0 atom stereocenters. The van der Waals surface area contributed by atoms with Gasteiger partial charge >= 0.3 is 0 Å². The Balaban J connectivity index is 2.06. The highest BCUT2D eigenvalue weighted by molar-refractivity contribution is 9.10. The molecule has 1 saturated carbocycles. The lowest BCUT2D eigenvalue weighted by Gasteiger charge is -2.16. The smallest absolute Gasteiger partial charge is 0.287 e. The molecule has 0 heterocycles. The molecule has 19 heavy (non-hydrogen) atoms. The lowest BCUT2D eigenvalue weighted by molar-refractivity contribution is -0.385. The molecule has 0 amide bonds. The summed E-state index contributed by atoms with van der Waals surface area (Å²) >= 11 is 3.19. The fraction of sp³-hybridized carbons (Fsp3) is 0.417. The summed E-state index contributed by atoms with van der Waals surface area (Å²) < 4.78 is 6.00. The van der Waals surface area contributed by atoms with Crippen LogP contribution in [-0.2, 0) is 0 Å². The predicted molar refractivity (Wildman–Crippen MR) is 74.5 cm³/mol. The van der Waals surface area contributed by atoms with E-state index in [-0.39, 0.29) is 16.9 Å². The Morgan fingerprint density at radius 2 is 2.26 bits per heavy atom. The molecule has 1 aromatic rings. The van der Waals surface area contributed by atoms with Crippen LogP contribution in [0.15, 0.2) is 22.7 Å². The first-order chi connectivity index (χ1) is 8.93. The normalized spacial score (nSPS) is 15.8. The van der Waals surface area contributed by atoms with Crippen LogP contribution in [0.3, 0.4) is 0 Å². The molecule has 0 aromatic heterocycles. The fourth-order valence-electron chi connectivity index (χ4n) is 1.94. The Kier molecular flexibility index (Phi) is 3.75. The summed E-state index contributed by atoms with van der Waals surface area (Å²) in [6.45, 7) is 0.423. The van der Waals surface area contributed by atoms with Crippen molar-refractivity contribution in [2.45, 2.75) is 19.3 Å². The number of rotatable bonds is 6. The van der Waals surface area contributed by atoms with E-state index in [4.69, 9.17) is 15.9 Å². The van der Waals surface area contributed by atoms with Gasteiger partial charge in [0.05, 0.1) is 17.4 Å². The van der Waals surface area contributed by atoms with Crippen molar-refractivity contribution in [1.29, 1.82) is 5.41 Å². The summed E-state index contributed by atoms with van der Waals surface area (Å²) in [5.41, 5.74) is 5.33. The average molecular weight is 328 g/mol. The highest BCUT2D eigenvalue weighted by atomic mass is 79.9. The van der Waals surface area contributed by atoms with Crippen molar-refractivity contribution in [1.82, 2.24) is 0 Å². The summed E-state index contributed by atoms with van der Waals surface area (Å²) in [6, 6.07) is 4.68. The Morgan fingerprint density at radius 3 is 2.79 bits per heavy atom. The molecule has 2 rings (SSSR count). The van der Waals surface area contributed by atoms with Crippen molar-refractivity contribution in [3.63, 3.8) is 0 Å². The zero-order valence-electron chi connectivity index (χ0n) is 10.2. The Labute approximate surface area is 118 Å². The predicted octanol–water partition coefficient (Wildman–Crippen LogP) is 2.84. The van der Waals surface area contributed by atoms with Crippen LogP contribution in [0.25, 0.3) is 0 Å². The van der Waals surface area contributed by atoms with Crippen LogP contribution < -0.4 is 10.5 Å². The van der Waals surface area contributed by atoms with Gasteiger partial charge in [0.1, 0.15) is 10.2 Å². The fourth-order valence-corrected chi connectivity index (χ4v) is 2.46. The van der Waals surface area contributed by atoms with E-state index in [0.29, 0.717) is 23.2 Å². The van der Waals surface area contributed by atoms with E-state index in [9.17, 15) is 10.1 Å². The number of nitrogens with two attached hydrogens (primary N) is 1. The van der Waals surface area contributed by atoms with Crippen molar-refractivity contribution in [3.05, 3.63) is 32.8 Å². The molecule has 1 aliphatic carbocycles. The molecule has 1 aromatic carbocycles. The van der Waals surface area contributed by atoms with Crippen molar-refractivity contribution < 1.29 is 9.66 Å². The van der Waals surface area contributed by atoms with Crippen LogP contribution in [0.4, 0.5) is 5.69 Å². The van der Waals surface area contributed by atoms with Crippen molar-refractivity contribution in [2.75, 3.05) is 6.61 Å². The van der Waals surface area contributed by atoms with E-state index in [1.807, 2.05) is 0 Å². The van der Waals surface area contributed by atoms with Gasteiger partial charge in [0.25, 0.3) is 5.69 Å². The minimum atomic E-state index is -0.459. The van der Waals surface area contributed by atoms with Crippen molar-refractivity contribution in [2.24, 2.45) is 11.1 Å². The lowest BCUT2D eigenvalue weighted by atomic mass is 10.0. The third-order valence-corrected chi connectivity index (χ3v) is 3.99. The van der Waals surface area contributed by atoms with Crippen LogP contribution in [0, 0.1) is 20.9 Å². The van der Waals surface area contributed by atoms with Gasteiger partial charge < -0.3 is 10.5 Å². The SMILES string of the molecule is N=C(N)CC1(COc2cccc([N+](=O)[O-])c2Br)CC1. The first kappa shape index (κ1) is 13.8. The van der Waals surface area contributed by atoms with E-state index in [1.54, 1.807) is 12.1 Å². The van der Waals surface area contributed by atoms with Gasteiger partial charge in [0, 0.05) is 17.9 Å². The zero-order chi connectivity index (χ0) is 14.0. The molecular formula is C12H14BrN3O3. The summed E-state index contributed by atoms with van der Waals surface area (Å²) in [6.07, 6.45) is 2.46. The molecule has 0 radical (unpaired) electrons. The van der Waals surface area contributed by atoms with Gasteiger partial charge in [-0.2, -0.15) is 0 Å². The molecule has 1 fully saturated rings. The van der Waals surface area contributed by atoms with Gasteiger partial charge in [-0.1, -0.05) is 6.07 Å². The van der Waals surface area contributed by atoms with E-state index < -0.39 is 4.92 Å². The molecule has 0 spiro atoms. The maximum absolute atomic E-state index is 10.8. The first-order valence-corrected chi connectivity index (χ1v) is 6.61. The van der Waals surface area contributed by atoms with Gasteiger partial charge in [0.15, 0.2) is 0 Å². The largest absolute Gasteiger partial charge is 0.492 e. The molecule has 3 N–H and O–H groups in total. The lowest BCUT2D eigenvalue weighted by Crippen LogP contribution is -2.21. The van der Waals surface area contributed by atoms with Crippen molar-refractivity contribution >= 4 is 27.5 Å². The van der Waals surface area contributed by atoms with Gasteiger partial charge in [-0.15, -0.1) is 0 Å². The number of hydrogen-bond donors (Lipinski definition) is 2. The number of nitro groups is 1. The average Bonchev–Trinajstić information content (AvgIpc) is 3.06. The summed E-state index contributed by atoms with van der Waals surface area (Å²) in [4.78, 5) is 10.3. The molecule has 1 aliphatic rings. The maximum Gasteiger partial charge on any atom is 0.287 e. The zero-order valence-corrected chi connectivity index (χ0v) is 11.8. The number of amidine groups is 1. The highest BCUT2D eigenvalue weighted by Gasteiger charge is 2.44. The van der Waals surface area contributed by atoms with Crippen LogP contribution in [-0.4, -0.2) is 17.4 Å². The number of halogens is 1. The van der Waals surface area contributed by atoms with Gasteiger partial charge in [-0.3, -0.25) is 15.5 Å². The molecule has 0 bridgehead atoms. The monoisotopic (exact) mass is 327 g/mol. The van der Waals surface area contributed by atoms with Gasteiger partial charge in [0.2, 0.25) is 0 Å². The summed E-state index contributed by atoms with van der Waals surface area (Å²) in [5, 5.41) is 18.1. The summed E-state index contributed by atoms with van der Waals surface area (Å²) in [5.74, 6) is 0.600. The van der Waals surface area contributed by atoms with E-state index in [0.717, 1.165) is 12.8 Å². The number of nitrogens with zero attached hydrogens (tertiary/aromatic N) is 1. The highest BCUT2D eigenvalue weighted by Crippen LogP contribution is 2.49. The standard InChI is InChI=1S/C12H14BrN3O3/c13-11-8(16(17)18)2-1-3-9(11)19-7-12(4-5-12)6-10(14)15/h1-3H,4-7H2,(H3,14,15). The van der Waals surface area contributed by atoms with Crippen LogP contribution in [0.1, 0.15) is 19.3 Å². The first-order valence-electron chi connectivity index (χ1n) is 5.82. The van der Waals surface area contributed by atoms with Crippen molar-refractivity contribution in [3.8, 4) is 5.75 Å². The van der Waals surface area contributed by atoms with Crippen LogP contribution in [0.5, 0.6) is 5.75 Å². The molecule has 6 nitrogen and oxygen atoms in total. The molecule has 7 heteroatoms. The molecular weight excluding hydrogens is 314 g/mol. The number of nitrogens with one attached hydrogen (secondary N) is 1.